The number of hydrogen-bond acceptors (Lipinski definition) is 3. The van der Waals surface area contributed by atoms with Crippen LogP contribution in [0, 0.1) is 0 Å². The maximum atomic E-state index is 5.28. The zero-order chi connectivity index (χ0) is 10.9. The van der Waals surface area contributed by atoms with Crippen molar-refractivity contribution >= 4 is 11.3 Å². The van der Waals surface area contributed by atoms with Gasteiger partial charge in [-0.05, 0) is 55.6 Å². The van der Waals surface area contributed by atoms with E-state index in [0.29, 0.717) is 6.04 Å². The van der Waals surface area contributed by atoms with E-state index in [1.54, 1.807) is 11.3 Å². The van der Waals surface area contributed by atoms with Gasteiger partial charge in [0.15, 0.2) is 0 Å². The van der Waals surface area contributed by atoms with E-state index < -0.39 is 0 Å². The van der Waals surface area contributed by atoms with Crippen molar-refractivity contribution in [1.82, 2.24) is 5.32 Å². The van der Waals surface area contributed by atoms with Crippen molar-refractivity contribution in [2.45, 2.75) is 32.7 Å². The molecule has 0 saturated heterocycles. The van der Waals surface area contributed by atoms with Crippen LogP contribution >= 0.6 is 11.3 Å². The molecule has 3 heteroatoms. The molecule has 1 aromatic rings. The van der Waals surface area contributed by atoms with Crippen LogP contribution in [0.3, 0.4) is 0 Å². The molecule has 1 unspecified atom stereocenters. The average molecular weight is 227 g/mol. The Hall–Kier alpha value is -0.380. The Morgan fingerprint density at radius 3 is 3.07 bits per heavy atom. The Bertz CT molecular complexity index is 236. The summed E-state index contributed by atoms with van der Waals surface area (Å²) < 4.78 is 5.28. The topological polar surface area (TPSA) is 21.3 Å². The van der Waals surface area contributed by atoms with E-state index in [0.717, 1.165) is 32.6 Å². The highest BCUT2D eigenvalue weighted by Gasteiger charge is 2.02. The van der Waals surface area contributed by atoms with Crippen molar-refractivity contribution < 1.29 is 4.74 Å². The number of thiophene rings is 1. The summed E-state index contributed by atoms with van der Waals surface area (Å²) in [6, 6.07) is 2.75. The Kier molecular flexibility index (Phi) is 6.64. The molecule has 0 aliphatic rings. The van der Waals surface area contributed by atoms with Crippen molar-refractivity contribution in [1.29, 1.82) is 0 Å². The monoisotopic (exact) mass is 227 g/mol. The molecule has 15 heavy (non-hydrogen) atoms. The van der Waals surface area contributed by atoms with E-state index in [9.17, 15) is 0 Å². The summed E-state index contributed by atoms with van der Waals surface area (Å²) in [5.74, 6) is 0. The smallest absolute Gasteiger partial charge is 0.0477 e. The Labute approximate surface area is 96.7 Å². The zero-order valence-electron chi connectivity index (χ0n) is 9.66. The fraction of sp³-hybridized carbons (Fsp3) is 0.667. The maximum absolute atomic E-state index is 5.28. The van der Waals surface area contributed by atoms with Crippen LogP contribution in [0.25, 0.3) is 0 Å². The number of rotatable bonds is 8. The highest BCUT2D eigenvalue weighted by molar-refractivity contribution is 7.07. The molecule has 0 radical (unpaired) electrons. The normalized spacial score (nSPS) is 12.9. The van der Waals surface area contributed by atoms with Crippen LogP contribution < -0.4 is 5.32 Å². The molecular weight excluding hydrogens is 206 g/mol. The third kappa shape index (κ3) is 5.92. The lowest BCUT2D eigenvalue weighted by atomic mass is 10.1. The van der Waals surface area contributed by atoms with Gasteiger partial charge in [-0.1, -0.05) is 0 Å². The molecule has 1 aromatic heterocycles. The zero-order valence-corrected chi connectivity index (χ0v) is 10.5. The lowest BCUT2D eigenvalue weighted by Crippen LogP contribution is -2.29. The summed E-state index contributed by atoms with van der Waals surface area (Å²) in [4.78, 5) is 0. The number of nitrogens with one attached hydrogen (secondary N) is 1. The fourth-order valence-corrected chi connectivity index (χ4v) is 2.18. The maximum Gasteiger partial charge on any atom is 0.0477 e. The molecule has 0 saturated carbocycles. The Balaban J connectivity index is 2.01. The first-order valence-electron chi connectivity index (χ1n) is 5.65. The van der Waals surface area contributed by atoms with Gasteiger partial charge in [-0.2, -0.15) is 11.3 Å². The molecule has 0 aromatic carbocycles. The summed E-state index contributed by atoms with van der Waals surface area (Å²) in [6.07, 6.45) is 2.22. The van der Waals surface area contributed by atoms with E-state index in [2.05, 4.69) is 29.1 Å². The van der Waals surface area contributed by atoms with Crippen molar-refractivity contribution in [2.75, 3.05) is 19.8 Å². The molecule has 0 aliphatic carbocycles. The third-order valence-corrected chi connectivity index (χ3v) is 3.02. The van der Waals surface area contributed by atoms with E-state index in [4.69, 9.17) is 4.74 Å². The molecule has 0 aliphatic heterocycles. The molecule has 1 heterocycles. The second-order valence-corrected chi connectivity index (χ2v) is 4.52. The van der Waals surface area contributed by atoms with Gasteiger partial charge in [-0.25, -0.2) is 0 Å². The van der Waals surface area contributed by atoms with Crippen molar-refractivity contribution in [3.8, 4) is 0 Å². The molecule has 0 bridgehead atoms. The lowest BCUT2D eigenvalue weighted by Gasteiger charge is -2.12. The summed E-state index contributed by atoms with van der Waals surface area (Å²) in [5, 5.41) is 7.86. The minimum Gasteiger partial charge on any atom is -0.382 e. The second-order valence-electron chi connectivity index (χ2n) is 3.74. The highest BCUT2D eigenvalue weighted by Crippen LogP contribution is 2.08. The minimum atomic E-state index is 0.557. The van der Waals surface area contributed by atoms with Crippen LogP contribution in [-0.2, 0) is 11.2 Å². The molecule has 2 nitrogen and oxygen atoms in total. The van der Waals surface area contributed by atoms with Gasteiger partial charge in [0.05, 0.1) is 0 Å². The molecule has 0 fully saturated rings. The fourth-order valence-electron chi connectivity index (χ4n) is 1.50. The SMILES string of the molecule is CCOCCCNC(C)Cc1ccsc1. The van der Waals surface area contributed by atoms with Gasteiger partial charge in [0.2, 0.25) is 0 Å². The summed E-state index contributed by atoms with van der Waals surface area (Å²) in [5.41, 5.74) is 1.44. The van der Waals surface area contributed by atoms with Crippen LogP contribution in [0.2, 0.25) is 0 Å². The molecule has 1 rings (SSSR count). The van der Waals surface area contributed by atoms with Gasteiger partial charge in [-0.15, -0.1) is 0 Å². The van der Waals surface area contributed by atoms with E-state index >= 15 is 0 Å². The number of hydrogen-bond donors (Lipinski definition) is 1. The molecular formula is C12H21NOS. The van der Waals surface area contributed by atoms with Gasteiger partial charge in [0.25, 0.3) is 0 Å². The molecule has 0 spiro atoms. The Morgan fingerprint density at radius 1 is 1.53 bits per heavy atom. The van der Waals surface area contributed by atoms with Crippen LogP contribution in [-0.4, -0.2) is 25.8 Å². The summed E-state index contributed by atoms with van der Waals surface area (Å²) >= 11 is 1.77. The minimum absolute atomic E-state index is 0.557. The van der Waals surface area contributed by atoms with Crippen LogP contribution in [0.4, 0.5) is 0 Å². The van der Waals surface area contributed by atoms with Crippen LogP contribution in [0.5, 0.6) is 0 Å². The first kappa shape index (κ1) is 12.7. The van der Waals surface area contributed by atoms with Gasteiger partial charge in [-0.3, -0.25) is 0 Å². The van der Waals surface area contributed by atoms with Crippen molar-refractivity contribution in [2.24, 2.45) is 0 Å². The lowest BCUT2D eigenvalue weighted by molar-refractivity contribution is 0.144. The summed E-state index contributed by atoms with van der Waals surface area (Å²) in [6.45, 7) is 7.01. The predicted molar refractivity (Wildman–Crippen MR) is 66.6 cm³/mol. The molecule has 0 amide bonds. The standard InChI is InChI=1S/C12H21NOS/c1-3-14-7-4-6-13-11(2)9-12-5-8-15-10-12/h5,8,10-11,13H,3-4,6-7,9H2,1-2H3. The second kappa shape index (κ2) is 7.85. The van der Waals surface area contributed by atoms with Crippen molar-refractivity contribution in [3.63, 3.8) is 0 Å². The van der Waals surface area contributed by atoms with E-state index in [-0.39, 0.29) is 0 Å². The van der Waals surface area contributed by atoms with Gasteiger partial charge in [0, 0.05) is 19.3 Å². The molecule has 1 N–H and O–H groups in total. The number of ether oxygens (including phenoxy) is 1. The largest absolute Gasteiger partial charge is 0.382 e. The highest BCUT2D eigenvalue weighted by atomic mass is 32.1. The average Bonchev–Trinajstić information content (AvgIpc) is 2.70. The third-order valence-electron chi connectivity index (χ3n) is 2.28. The van der Waals surface area contributed by atoms with Crippen molar-refractivity contribution in [3.05, 3.63) is 22.4 Å². The van der Waals surface area contributed by atoms with E-state index in [1.807, 2.05) is 6.92 Å². The quantitative estimate of drug-likeness (QED) is 0.689. The molecule has 1 atom stereocenters. The predicted octanol–water partition coefficient (Wildman–Crippen LogP) is 2.70. The summed E-state index contributed by atoms with van der Waals surface area (Å²) in [7, 11) is 0. The van der Waals surface area contributed by atoms with E-state index in [1.165, 1.54) is 5.56 Å². The van der Waals surface area contributed by atoms with Gasteiger partial charge < -0.3 is 10.1 Å². The van der Waals surface area contributed by atoms with Crippen LogP contribution in [0.15, 0.2) is 16.8 Å². The Morgan fingerprint density at radius 2 is 2.40 bits per heavy atom. The van der Waals surface area contributed by atoms with Gasteiger partial charge in [0.1, 0.15) is 0 Å². The van der Waals surface area contributed by atoms with Gasteiger partial charge >= 0.3 is 0 Å². The first-order valence-corrected chi connectivity index (χ1v) is 6.59. The first-order chi connectivity index (χ1) is 7.33. The van der Waals surface area contributed by atoms with Crippen LogP contribution in [0.1, 0.15) is 25.8 Å². The molecule has 86 valence electrons.